The molecule has 0 fully saturated rings. The first kappa shape index (κ1) is 27.7. The molecule has 0 spiro atoms. The third-order valence-electron chi connectivity index (χ3n) is 4.44. The molecule has 0 aromatic carbocycles. The number of nitrogens with zero attached hydrogens (tertiary/aromatic N) is 5. The van der Waals surface area contributed by atoms with E-state index >= 15 is 0 Å². The smallest absolute Gasteiger partial charge is 0.409 e. The minimum absolute atomic E-state index is 0.101. The van der Waals surface area contributed by atoms with E-state index in [9.17, 15) is 14.1 Å². The predicted molar refractivity (Wildman–Crippen MR) is 130 cm³/mol. The molecule has 0 radical (unpaired) electrons. The highest BCUT2D eigenvalue weighted by Gasteiger charge is 2.27. The third kappa shape index (κ3) is 7.98. The number of carbonyl (C=O) groups is 2. The van der Waals surface area contributed by atoms with Crippen LogP contribution in [0, 0.1) is 0 Å². The molecule has 0 N–H and O–H groups in total. The van der Waals surface area contributed by atoms with Gasteiger partial charge in [-0.1, -0.05) is 17.7 Å². The maximum absolute atomic E-state index is 13.0. The first-order valence-electron chi connectivity index (χ1n) is 10.6. The maximum Gasteiger partial charge on any atom is 0.409 e. The summed E-state index contributed by atoms with van der Waals surface area (Å²) in [5.74, 6) is 0.319. The van der Waals surface area contributed by atoms with Gasteiger partial charge >= 0.3 is 6.09 Å². The zero-order valence-corrected chi connectivity index (χ0v) is 21.6. The van der Waals surface area contributed by atoms with Gasteiger partial charge in [0.25, 0.3) is 5.91 Å². The SMILES string of the molecule is CCCCOC(=O)N(C)Cc1nc(N(C)C)cc(C(=O)N(C)C)c1/C=N/[S+]([O-])C(C)(C)C. The molecule has 0 bridgehead atoms. The number of carbonyl (C=O) groups excluding carboxylic acids is 2. The Morgan fingerprint density at radius 2 is 1.84 bits per heavy atom. The van der Waals surface area contributed by atoms with Crippen LogP contribution in [0.3, 0.4) is 0 Å². The molecule has 1 atom stereocenters. The molecular formula is C22H37N5O4S. The van der Waals surface area contributed by atoms with E-state index in [1.165, 1.54) is 16.0 Å². The van der Waals surface area contributed by atoms with Crippen molar-refractivity contribution in [2.75, 3.05) is 46.7 Å². The fraction of sp³-hybridized carbons (Fsp3) is 0.636. The van der Waals surface area contributed by atoms with Crippen molar-refractivity contribution in [2.24, 2.45) is 4.40 Å². The van der Waals surface area contributed by atoms with Crippen molar-refractivity contribution in [3.05, 3.63) is 22.9 Å². The van der Waals surface area contributed by atoms with Gasteiger partial charge in [0, 0.05) is 40.8 Å². The van der Waals surface area contributed by atoms with Crippen molar-refractivity contribution in [3.63, 3.8) is 0 Å². The van der Waals surface area contributed by atoms with Gasteiger partial charge in [-0.05, 0) is 33.3 Å². The number of ether oxygens (including phenoxy) is 1. The lowest BCUT2D eigenvalue weighted by atomic mass is 10.0. The van der Waals surface area contributed by atoms with Crippen LogP contribution in [0.5, 0.6) is 0 Å². The first-order valence-corrected chi connectivity index (χ1v) is 11.7. The van der Waals surface area contributed by atoms with Crippen LogP contribution in [-0.2, 0) is 22.6 Å². The van der Waals surface area contributed by atoms with E-state index in [-0.39, 0.29) is 12.5 Å². The Hall–Kier alpha value is -2.33. The average molecular weight is 468 g/mol. The summed E-state index contributed by atoms with van der Waals surface area (Å²) in [6.45, 7) is 7.92. The van der Waals surface area contributed by atoms with E-state index in [1.54, 1.807) is 32.1 Å². The molecule has 1 heterocycles. The lowest BCUT2D eigenvalue weighted by Gasteiger charge is -2.23. The quantitative estimate of drug-likeness (QED) is 0.314. The Morgan fingerprint density at radius 1 is 1.22 bits per heavy atom. The van der Waals surface area contributed by atoms with Crippen molar-refractivity contribution in [1.29, 1.82) is 0 Å². The molecule has 1 aromatic rings. The fourth-order valence-corrected chi connectivity index (χ4v) is 2.98. The summed E-state index contributed by atoms with van der Waals surface area (Å²) in [6, 6.07) is 1.67. The Kier molecular flexibility index (Phi) is 10.4. The second-order valence-corrected chi connectivity index (χ2v) is 10.8. The van der Waals surface area contributed by atoms with Crippen molar-refractivity contribution >= 4 is 35.4 Å². The van der Waals surface area contributed by atoms with Crippen LogP contribution >= 0.6 is 0 Å². The Labute approximate surface area is 195 Å². The summed E-state index contributed by atoms with van der Waals surface area (Å²) in [7, 11) is 8.56. The van der Waals surface area contributed by atoms with Crippen LogP contribution in [0.2, 0.25) is 0 Å². The van der Waals surface area contributed by atoms with Crippen LogP contribution in [0.15, 0.2) is 10.5 Å². The summed E-state index contributed by atoms with van der Waals surface area (Å²) >= 11 is -1.52. The monoisotopic (exact) mass is 467 g/mol. The molecule has 0 aliphatic carbocycles. The molecule has 1 rings (SSSR count). The minimum Gasteiger partial charge on any atom is -0.591 e. The zero-order chi connectivity index (χ0) is 24.6. The largest absolute Gasteiger partial charge is 0.591 e. The molecule has 0 saturated carbocycles. The van der Waals surface area contributed by atoms with E-state index in [4.69, 9.17) is 4.74 Å². The Balaban J connectivity index is 3.50. The number of pyridine rings is 1. The van der Waals surface area contributed by atoms with E-state index < -0.39 is 22.2 Å². The summed E-state index contributed by atoms with van der Waals surface area (Å²) in [5, 5.41) is 0. The lowest BCUT2D eigenvalue weighted by molar-refractivity contribution is 0.0827. The van der Waals surface area contributed by atoms with Crippen molar-refractivity contribution in [3.8, 4) is 0 Å². The number of aromatic nitrogens is 1. The molecule has 32 heavy (non-hydrogen) atoms. The van der Waals surface area contributed by atoms with E-state index in [1.807, 2.05) is 41.8 Å². The van der Waals surface area contributed by atoms with Gasteiger partial charge in [-0.3, -0.25) is 4.79 Å². The van der Waals surface area contributed by atoms with Crippen LogP contribution < -0.4 is 4.90 Å². The summed E-state index contributed by atoms with van der Waals surface area (Å²) in [6.07, 6.45) is 2.66. The van der Waals surface area contributed by atoms with Gasteiger partial charge in [0.05, 0.1) is 30.6 Å². The Morgan fingerprint density at radius 3 is 2.34 bits per heavy atom. The van der Waals surface area contributed by atoms with Gasteiger partial charge in [0.1, 0.15) is 21.9 Å². The molecule has 10 heteroatoms. The van der Waals surface area contributed by atoms with Gasteiger partial charge in [-0.25, -0.2) is 9.78 Å². The van der Waals surface area contributed by atoms with Crippen molar-refractivity contribution in [1.82, 2.24) is 14.8 Å². The molecular weight excluding hydrogens is 430 g/mol. The number of unbranched alkanes of at least 4 members (excludes halogenated alkanes) is 1. The van der Waals surface area contributed by atoms with Crippen LogP contribution in [0.25, 0.3) is 0 Å². The van der Waals surface area contributed by atoms with Crippen LogP contribution in [0.4, 0.5) is 10.6 Å². The summed E-state index contributed by atoms with van der Waals surface area (Å²) in [5.41, 5.74) is 1.26. The highest BCUT2D eigenvalue weighted by molar-refractivity contribution is 7.91. The third-order valence-corrected chi connectivity index (χ3v) is 5.79. The number of amides is 2. The molecule has 0 saturated heterocycles. The molecule has 1 aromatic heterocycles. The predicted octanol–water partition coefficient (Wildman–Crippen LogP) is 3.10. The van der Waals surface area contributed by atoms with Gasteiger partial charge < -0.3 is 24.0 Å². The fourth-order valence-electron chi connectivity index (χ4n) is 2.47. The summed E-state index contributed by atoms with van der Waals surface area (Å²) < 4.78 is 21.5. The number of hydrogen-bond acceptors (Lipinski definition) is 7. The number of anilines is 1. The summed E-state index contributed by atoms with van der Waals surface area (Å²) in [4.78, 5) is 34.6. The van der Waals surface area contributed by atoms with Gasteiger partial charge in [0.15, 0.2) is 0 Å². The second-order valence-electron chi connectivity index (χ2n) is 8.90. The molecule has 9 nitrogen and oxygen atoms in total. The normalized spacial score (nSPS) is 12.6. The van der Waals surface area contributed by atoms with E-state index in [0.717, 1.165) is 12.8 Å². The topological polar surface area (TPSA) is 101 Å². The first-order chi connectivity index (χ1) is 14.8. The Bertz CT molecular complexity index is 821. The number of hydrogen-bond donors (Lipinski definition) is 0. The van der Waals surface area contributed by atoms with Gasteiger partial charge in [-0.2, -0.15) is 0 Å². The highest BCUT2D eigenvalue weighted by atomic mass is 32.2. The standard InChI is InChI=1S/C22H37N5O4S/c1-10-11-12-31-21(29)27(9)15-18-17(14-23-32(30)22(2,3)4)16(20(28)26(7)8)13-19(24-18)25(5)6/h13-14H,10-12,15H2,1-9H3/b23-14+. The van der Waals surface area contributed by atoms with Gasteiger partial charge in [-0.15, -0.1) is 0 Å². The molecule has 0 aliphatic rings. The van der Waals surface area contributed by atoms with Crippen LogP contribution in [-0.4, -0.2) is 84.1 Å². The molecule has 0 aliphatic heterocycles. The molecule has 2 amide bonds. The van der Waals surface area contributed by atoms with Crippen molar-refractivity contribution < 1.29 is 18.9 Å². The molecule has 180 valence electrons. The van der Waals surface area contributed by atoms with E-state index in [0.29, 0.717) is 29.2 Å². The molecule has 1 unspecified atom stereocenters. The lowest BCUT2D eigenvalue weighted by Crippen LogP contribution is -2.30. The van der Waals surface area contributed by atoms with Crippen molar-refractivity contribution in [2.45, 2.75) is 51.8 Å². The van der Waals surface area contributed by atoms with E-state index in [2.05, 4.69) is 9.38 Å². The number of rotatable bonds is 9. The minimum atomic E-state index is -1.52. The maximum atomic E-state index is 13.0. The second kappa shape index (κ2) is 12.1. The highest BCUT2D eigenvalue weighted by Crippen LogP contribution is 2.23. The average Bonchev–Trinajstić information content (AvgIpc) is 2.70. The van der Waals surface area contributed by atoms with Gasteiger partial charge in [0.2, 0.25) is 0 Å². The zero-order valence-electron chi connectivity index (χ0n) is 20.8. The van der Waals surface area contributed by atoms with Crippen LogP contribution in [0.1, 0.15) is 62.2 Å².